The SMILES string of the molecule is CC1CCc2c(sc3nc(C(C)C)nc(N4CCN(S(=O)(=O)c5ccc6ccccc6c5)CC4)c23)C1. The van der Waals surface area contributed by atoms with Gasteiger partial charge in [0.15, 0.2) is 0 Å². The third-order valence-electron chi connectivity index (χ3n) is 7.57. The Labute approximate surface area is 217 Å². The number of sulfonamides is 1. The van der Waals surface area contributed by atoms with Crippen molar-refractivity contribution in [1.82, 2.24) is 14.3 Å². The van der Waals surface area contributed by atoms with E-state index in [0.29, 0.717) is 37.0 Å². The number of rotatable bonds is 4. The van der Waals surface area contributed by atoms with Gasteiger partial charge < -0.3 is 4.90 Å². The molecule has 36 heavy (non-hydrogen) atoms. The summed E-state index contributed by atoms with van der Waals surface area (Å²) >= 11 is 1.83. The Morgan fingerprint density at radius 2 is 1.75 bits per heavy atom. The van der Waals surface area contributed by atoms with E-state index in [1.54, 1.807) is 16.4 Å². The summed E-state index contributed by atoms with van der Waals surface area (Å²) in [4.78, 5) is 15.2. The molecule has 2 aliphatic rings. The zero-order valence-electron chi connectivity index (χ0n) is 21.1. The highest BCUT2D eigenvalue weighted by molar-refractivity contribution is 7.89. The Kier molecular flexibility index (Phi) is 6.01. The molecule has 1 unspecified atom stereocenters. The van der Waals surface area contributed by atoms with E-state index in [4.69, 9.17) is 9.97 Å². The molecule has 0 radical (unpaired) electrons. The molecule has 1 atom stereocenters. The van der Waals surface area contributed by atoms with Gasteiger partial charge in [0, 0.05) is 37.0 Å². The Balaban J connectivity index is 1.30. The predicted molar refractivity (Wildman–Crippen MR) is 148 cm³/mol. The first-order chi connectivity index (χ1) is 17.3. The average Bonchev–Trinajstić information content (AvgIpc) is 3.25. The maximum atomic E-state index is 13.5. The lowest BCUT2D eigenvalue weighted by atomic mass is 9.89. The van der Waals surface area contributed by atoms with Crippen LogP contribution in [0.5, 0.6) is 0 Å². The largest absolute Gasteiger partial charge is 0.353 e. The van der Waals surface area contributed by atoms with Crippen LogP contribution in [0.25, 0.3) is 21.0 Å². The molecule has 1 saturated heterocycles. The Morgan fingerprint density at radius 3 is 2.50 bits per heavy atom. The highest BCUT2D eigenvalue weighted by atomic mass is 32.2. The molecule has 2 aromatic heterocycles. The van der Waals surface area contributed by atoms with Gasteiger partial charge in [0.05, 0.1) is 10.3 Å². The minimum atomic E-state index is -3.56. The molecule has 2 aromatic carbocycles. The summed E-state index contributed by atoms with van der Waals surface area (Å²) in [6.45, 7) is 8.73. The molecule has 0 N–H and O–H groups in total. The lowest BCUT2D eigenvalue weighted by Gasteiger charge is -2.35. The van der Waals surface area contributed by atoms with Crippen LogP contribution in [0.2, 0.25) is 0 Å². The van der Waals surface area contributed by atoms with Crippen molar-refractivity contribution < 1.29 is 8.42 Å². The van der Waals surface area contributed by atoms with Crippen LogP contribution in [0, 0.1) is 5.92 Å². The van der Waals surface area contributed by atoms with E-state index in [1.165, 1.54) is 22.2 Å². The van der Waals surface area contributed by atoms with Crippen molar-refractivity contribution >= 4 is 48.2 Å². The molecule has 188 valence electrons. The summed E-state index contributed by atoms with van der Waals surface area (Å²) < 4.78 is 28.6. The van der Waals surface area contributed by atoms with Gasteiger partial charge in [0.2, 0.25) is 10.0 Å². The molecule has 6 nitrogen and oxygen atoms in total. The minimum Gasteiger partial charge on any atom is -0.353 e. The Morgan fingerprint density at radius 1 is 1.00 bits per heavy atom. The van der Waals surface area contributed by atoms with Gasteiger partial charge >= 0.3 is 0 Å². The van der Waals surface area contributed by atoms with Gasteiger partial charge in [0.25, 0.3) is 0 Å². The number of aryl methyl sites for hydroxylation is 1. The molecule has 4 aromatic rings. The molecule has 8 heteroatoms. The van der Waals surface area contributed by atoms with E-state index in [2.05, 4.69) is 25.7 Å². The van der Waals surface area contributed by atoms with Crippen molar-refractivity contribution in [2.75, 3.05) is 31.1 Å². The molecule has 0 spiro atoms. The number of thiophene rings is 1. The second kappa shape index (κ2) is 9.08. The fourth-order valence-corrected chi connectivity index (χ4v) is 8.29. The molecule has 0 saturated carbocycles. The maximum Gasteiger partial charge on any atom is 0.243 e. The highest BCUT2D eigenvalue weighted by Crippen LogP contribution is 2.42. The van der Waals surface area contributed by atoms with E-state index < -0.39 is 10.0 Å². The van der Waals surface area contributed by atoms with Crippen LogP contribution in [0.15, 0.2) is 47.4 Å². The molecule has 0 bridgehead atoms. The number of aromatic nitrogens is 2. The van der Waals surface area contributed by atoms with Crippen LogP contribution >= 0.6 is 11.3 Å². The zero-order valence-corrected chi connectivity index (χ0v) is 22.7. The summed E-state index contributed by atoms with van der Waals surface area (Å²) in [6, 6.07) is 13.3. The molecule has 3 heterocycles. The van der Waals surface area contributed by atoms with Gasteiger partial charge in [-0.3, -0.25) is 0 Å². The molecule has 1 aliphatic carbocycles. The number of fused-ring (bicyclic) bond motifs is 4. The lowest BCUT2D eigenvalue weighted by Crippen LogP contribution is -2.49. The molecule has 1 fully saturated rings. The van der Waals surface area contributed by atoms with Gasteiger partial charge in [-0.05, 0) is 53.6 Å². The summed E-state index contributed by atoms with van der Waals surface area (Å²) in [5, 5.41) is 3.19. The van der Waals surface area contributed by atoms with Crippen molar-refractivity contribution in [1.29, 1.82) is 0 Å². The van der Waals surface area contributed by atoms with Gasteiger partial charge in [-0.2, -0.15) is 4.31 Å². The maximum absolute atomic E-state index is 13.5. The van der Waals surface area contributed by atoms with E-state index >= 15 is 0 Å². The number of benzene rings is 2. The van der Waals surface area contributed by atoms with Gasteiger partial charge in [-0.25, -0.2) is 18.4 Å². The number of piperazine rings is 1. The first kappa shape index (κ1) is 23.8. The number of nitrogens with zero attached hydrogens (tertiary/aromatic N) is 4. The van der Waals surface area contributed by atoms with Gasteiger partial charge in [0.1, 0.15) is 16.5 Å². The molecular formula is C28H32N4O2S2. The fraction of sp³-hybridized carbons (Fsp3) is 0.429. The molecule has 1 aliphatic heterocycles. The number of hydrogen-bond donors (Lipinski definition) is 0. The second-order valence-corrected chi connectivity index (χ2v) is 13.5. The lowest BCUT2D eigenvalue weighted by molar-refractivity contribution is 0.384. The zero-order chi connectivity index (χ0) is 25.0. The third-order valence-corrected chi connectivity index (χ3v) is 10.6. The van der Waals surface area contributed by atoms with E-state index in [-0.39, 0.29) is 5.92 Å². The first-order valence-electron chi connectivity index (χ1n) is 12.9. The van der Waals surface area contributed by atoms with Crippen LogP contribution in [-0.2, 0) is 22.9 Å². The van der Waals surface area contributed by atoms with Crippen LogP contribution in [-0.4, -0.2) is 48.9 Å². The van der Waals surface area contributed by atoms with Crippen molar-refractivity contribution in [3.05, 3.63) is 58.7 Å². The van der Waals surface area contributed by atoms with Crippen LogP contribution in [0.1, 0.15) is 49.4 Å². The first-order valence-corrected chi connectivity index (χ1v) is 15.1. The van der Waals surface area contributed by atoms with Crippen molar-refractivity contribution in [2.24, 2.45) is 5.92 Å². The van der Waals surface area contributed by atoms with E-state index in [1.807, 2.05) is 41.7 Å². The second-order valence-electron chi connectivity index (χ2n) is 10.5. The normalized spacial score (nSPS) is 19.3. The van der Waals surface area contributed by atoms with Crippen molar-refractivity contribution in [3.8, 4) is 0 Å². The number of hydrogen-bond acceptors (Lipinski definition) is 6. The summed E-state index contributed by atoms with van der Waals surface area (Å²) in [5.41, 5.74) is 1.42. The summed E-state index contributed by atoms with van der Waals surface area (Å²) in [6.07, 6.45) is 3.39. The average molecular weight is 521 g/mol. The highest BCUT2D eigenvalue weighted by Gasteiger charge is 2.32. The summed E-state index contributed by atoms with van der Waals surface area (Å²) in [5.74, 6) is 2.81. The Hall–Kier alpha value is -2.55. The quantitative estimate of drug-likeness (QED) is 0.350. The van der Waals surface area contributed by atoms with Crippen LogP contribution < -0.4 is 4.90 Å². The smallest absolute Gasteiger partial charge is 0.243 e. The topological polar surface area (TPSA) is 66.4 Å². The van der Waals surface area contributed by atoms with E-state index in [9.17, 15) is 8.42 Å². The molecular weight excluding hydrogens is 488 g/mol. The monoisotopic (exact) mass is 520 g/mol. The van der Waals surface area contributed by atoms with Crippen LogP contribution in [0.4, 0.5) is 5.82 Å². The van der Waals surface area contributed by atoms with Gasteiger partial charge in [-0.15, -0.1) is 11.3 Å². The standard InChI is InChI=1S/C28H32N4O2S2/c1-18(2)26-29-27(25-23-11-8-19(3)16-24(23)35-28(25)30-26)31-12-14-32(15-13-31)36(33,34)22-10-9-20-6-4-5-7-21(20)17-22/h4-7,9-10,17-19H,8,11-16H2,1-3H3. The summed E-state index contributed by atoms with van der Waals surface area (Å²) in [7, 11) is -3.56. The Bertz CT molecular complexity index is 1550. The molecule has 0 amide bonds. The van der Waals surface area contributed by atoms with Crippen LogP contribution in [0.3, 0.4) is 0 Å². The minimum absolute atomic E-state index is 0.237. The van der Waals surface area contributed by atoms with Crippen molar-refractivity contribution in [2.45, 2.75) is 50.8 Å². The van der Waals surface area contributed by atoms with E-state index in [0.717, 1.165) is 40.1 Å². The third kappa shape index (κ3) is 4.09. The predicted octanol–water partition coefficient (Wildman–Crippen LogP) is 5.60. The fourth-order valence-electron chi connectivity index (χ4n) is 5.44. The van der Waals surface area contributed by atoms with Crippen molar-refractivity contribution in [3.63, 3.8) is 0 Å². The van der Waals surface area contributed by atoms with Gasteiger partial charge in [-0.1, -0.05) is 51.1 Å². The number of anilines is 1. The molecule has 6 rings (SSSR count).